The predicted octanol–water partition coefficient (Wildman–Crippen LogP) is 7.19. The summed E-state index contributed by atoms with van der Waals surface area (Å²) >= 11 is 7.45. The van der Waals surface area contributed by atoms with Gasteiger partial charge in [0, 0.05) is 5.02 Å². The highest BCUT2D eigenvalue weighted by Gasteiger charge is 2.48. The Kier molecular flexibility index (Phi) is 6.53. The summed E-state index contributed by atoms with van der Waals surface area (Å²) in [6, 6.07) is 17.5. The third-order valence-electron chi connectivity index (χ3n) is 6.67. The molecule has 4 aromatic rings. The number of rotatable bonds is 4. The Hall–Kier alpha value is -3.68. The van der Waals surface area contributed by atoms with Crippen molar-refractivity contribution in [1.29, 1.82) is 0 Å². The van der Waals surface area contributed by atoms with Gasteiger partial charge in [-0.15, -0.1) is 0 Å². The number of nitrogens with zero attached hydrogens (tertiary/aromatic N) is 2. The van der Waals surface area contributed by atoms with Crippen molar-refractivity contribution in [3.05, 3.63) is 93.5 Å². The molecule has 8 heteroatoms. The first-order valence-corrected chi connectivity index (χ1v) is 13.3. The van der Waals surface area contributed by atoms with Crippen LogP contribution in [0.15, 0.2) is 66.2 Å². The van der Waals surface area contributed by atoms with Gasteiger partial charge in [0.1, 0.15) is 11.5 Å². The van der Waals surface area contributed by atoms with Crippen molar-refractivity contribution >= 4 is 55.7 Å². The van der Waals surface area contributed by atoms with Crippen molar-refractivity contribution in [3.8, 4) is 5.75 Å². The Labute approximate surface area is 230 Å². The fourth-order valence-corrected chi connectivity index (χ4v) is 5.95. The summed E-state index contributed by atoms with van der Waals surface area (Å²) in [6.07, 6.45) is 0. The standard InChI is InChI=1S/C30H27ClN2O4S/c1-16-7-6-8-17(13-16)25-24(26(34)20-14-18(30(2,3)4)9-12-22(20)37-5)27(35)28(36)33(25)29-32-21-11-10-19(31)15-23(21)38-29/h6-15,25,34H,1-5H3/b26-24+. The molecule has 5 rings (SSSR count). The van der Waals surface area contributed by atoms with Crippen LogP contribution in [0.4, 0.5) is 5.13 Å². The Morgan fingerprint density at radius 3 is 2.53 bits per heavy atom. The molecule has 0 saturated carbocycles. The van der Waals surface area contributed by atoms with Crippen LogP contribution in [0.2, 0.25) is 5.02 Å². The van der Waals surface area contributed by atoms with Crippen LogP contribution in [0.5, 0.6) is 5.75 Å². The van der Waals surface area contributed by atoms with Crippen molar-refractivity contribution in [1.82, 2.24) is 4.98 Å². The van der Waals surface area contributed by atoms with Crippen LogP contribution in [0.25, 0.3) is 16.0 Å². The van der Waals surface area contributed by atoms with Gasteiger partial charge in [0.2, 0.25) is 0 Å². The SMILES string of the molecule is COc1ccc(C(C)(C)C)cc1/C(O)=C1\C(=O)C(=O)N(c2nc3ccc(Cl)cc3s2)C1c1cccc(C)c1. The van der Waals surface area contributed by atoms with Gasteiger partial charge in [0.05, 0.1) is 34.5 Å². The van der Waals surface area contributed by atoms with E-state index in [1.807, 2.05) is 43.3 Å². The summed E-state index contributed by atoms with van der Waals surface area (Å²) in [4.78, 5) is 33.2. The van der Waals surface area contributed by atoms with E-state index in [-0.39, 0.29) is 16.7 Å². The first-order chi connectivity index (χ1) is 18.0. The average Bonchev–Trinajstić information content (AvgIpc) is 3.40. The molecule has 1 aliphatic heterocycles. The zero-order valence-corrected chi connectivity index (χ0v) is 23.3. The lowest BCUT2D eigenvalue weighted by Gasteiger charge is -2.24. The number of carbonyl (C=O) groups excluding carboxylic acids is 2. The fraction of sp³-hybridized carbons (Fsp3) is 0.233. The highest BCUT2D eigenvalue weighted by molar-refractivity contribution is 7.22. The molecule has 194 valence electrons. The molecular weight excluding hydrogens is 520 g/mol. The number of amides is 1. The topological polar surface area (TPSA) is 79.7 Å². The van der Waals surface area contributed by atoms with Gasteiger partial charge in [0.15, 0.2) is 5.13 Å². The van der Waals surface area contributed by atoms with Gasteiger partial charge >= 0.3 is 5.91 Å². The van der Waals surface area contributed by atoms with Gasteiger partial charge in [-0.1, -0.05) is 79.6 Å². The third kappa shape index (κ3) is 4.46. The zero-order valence-electron chi connectivity index (χ0n) is 21.7. The first-order valence-electron chi connectivity index (χ1n) is 12.1. The smallest absolute Gasteiger partial charge is 0.301 e. The maximum absolute atomic E-state index is 13.6. The minimum atomic E-state index is -0.881. The molecule has 1 aromatic heterocycles. The highest BCUT2D eigenvalue weighted by Crippen LogP contribution is 2.45. The van der Waals surface area contributed by atoms with Gasteiger partial charge in [-0.2, -0.15) is 0 Å². The Balaban J connectivity index is 1.77. The van der Waals surface area contributed by atoms with Crippen LogP contribution < -0.4 is 9.64 Å². The summed E-state index contributed by atoms with van der Waals surface area (Å²) in [5.41, 5.74) is 3.38. The molecule has 1 aliphatic rings. The molecule has 38 heavy (non-hydrogen) atoms. The molecule has 1 atom stereocenters. The number of aliphatic hydroxyl groups excluding tert-OH is 1. The number of Topliss-reactive ketones (excluding diaryl/α,β-unsaturated/α-hetero) is 1. The summed E-state index contributed by atoms with van der Waals surface area (Å²) in [5, 5.41) is 12.6. The van der Waals surface area contributed by atoms with Crippen LogP contribution in [0, 0.1) is 6.92 Å². The minimum absolute atomic E-state index is 0.0118. The second-order valence-electron chi connectivity index (χ2n) is 10.4. The molecule has 0 radical (unpaired) electrons. The first kappa shape index (κ1) is 25.9. The number of benzene rings is 3. The number of hydrogen-bond donors (Lipinski definition) is 1. The van der Waals surface area contributed by atoms with Crippen molar-refractivity contribution in [2.24, 2.45) is 0 Å². The number of aryl methyl sites for hydroxylation is 1. The molecule has 0 spiro atoms. The van der Waals surface area contributed by atoms with Crippen molar-refractivity contribution in [3.63, 3.8) is 0 Å². The number of hydrogen-bond acceptors (Lipinski definition) is 6. The van der Waals surface area contributed by atoms with E-state index in [9.17, 15) is 14.7 Å². The summed E-state index contributed by atoms with van der Waals surface area (Å²) < 4.78 is 6.34. The van der Waals surface area contributed by atoms with Crippen LogP contribution in [0.3, 0.4) is 0 Å². The average molecular weight is 547 g/mol. The molecule has 1 saturated heterocycles. The number of anilines is 1. The molecule has 0 aliphatic carbocycles. The van der Waals surface area contributed by atoms with E-state index >= 15 is 0 Å². The molecule has 2 heterocycles. The number of carbonyl (C=O) groups is 2. The Morgan fingerprint density at radius 2 is 1.84 bits per heavy atom. The Bertz CT molecular complexity index is 1630. The highest BCUT2D eigenvalue weighted by atomic mass is 35.5. The molecule has 3 aromatic carbocycles. The predicted molar refractivity (Wildman–Crippen MR) is 152 cm³/mol. The normalized spacial score (nSPS) is 17.4. The molecule has 6 nitrogen and oxygen atoms in total. The summed E-state index contributed by atoms with van der Waals surface area (Å²) in [7, 11) is 1.51. The van der Waals surface area contributed by atoms with Crippen molar-refractivity contribution in [2.75, 3.05) is 12.0 Å². The number of ketones is 1. The monoisotopic (exact) mass is 546 g/mol. The zero-order chi connectivity index (χ0) is 27.4. The van der Waals surface area contributed by atoms with E-state index in [0.29, 0.717) is 32.5 Å². The lowest BCUT2D eigenvalue weighted by atomic mass is 9.85. The number of aliphatic hydroxyl groups is 1. The number of fused-ring (bicyclic) bond motifs is 1. The van der Waals surface area contributed by atoms with E-state index < -0.39 is 17.7 Å². The van der Waals surface area contributed by atoms with Crippen molar-refractivity contribution in [2.45, 2.75) is 39.2 Å². The molecule has 1 N–H and O–H groups in total. The Morgan fingerprint density at radius 1 is 1.08 bits per heavy atom. The van der Waals surface area contributed by atoms with Crippen LogP contribution in [0.1, 0.15) is 49.1 Å². The van der Waals surface area contributed by atoms with E-state index in [1.54, 1.807) is 24.3 Å². The maximum atomic E-state index is 13.6. The molecule has 0 bridgehead atoms. The fourth-order valence-electron chi connectivity index (χ4n) is 4.68. The van der Waals surface area contributed by atoms with Crippen LogP contribution in [-0.2, 0) is 15.0 Å². The van der Waals surface area contributed by atoms with E-state index in [2.05, 4.69) is 25.8 Å². The summed E-state index contributed by atoms with van der Waals surface area (Å²) in [5.74, 6) is -1.42. The second kappa shape index (κ2) is 9.57. The van der Waals surface area contributed by atoms with Gasteiger partial charge in [0.25, 0.3) is 5.78 Å². The van der Waals surface area contributed by atoms with Crippen LogP contribution >= 0.6 is 22.9 Å². The maximum Gasteiger partial charge on any atom is 0.301 e. The number of methoxy groups -OCH3 is 1. The van der Waals surface area contributed by atoms with E-state index in [1.165, 1.54) is 23.3 Å². The third-order valence-corrected chi connectivity index (χ3v) is 7.92. The molecule has 1 fully saturated rings. The van der Waals surface area contributed by atoms with Crippen molar-refractivity contribution < 1.29 is 19.4 Å². The minimum Gasteiger partial charge on any atom is -0.507 e. The van der Waals surface area contributed by atoms with E-state index in [4.69, 9.17) is 16.3 Å². The lowest BCUT2D eigenvalue weighted by Crippen LogP contribution is -2.29. The van der Waals surface area contributed by atoms with Gasteiger partial charge < -0.3 is 9.84 Å². The molecular formula is C30H27ClN2O4S. The quantitative estimate of drug-likeness (QED) is 0.166. The van der Waals surface area contributed by atoms with E-state index in [0.717, 1.165) is 15.8 Å². The van der Waals surface area contributed by atoms with Crippen LogP contribution in [-0.4, -0.2) is 28.9 Å². The van der Waals surface area contributed by atoms with Gasteiger partial charge in [-0.05, 0) is 53.8 Å². The van der Waals surface area contributed by atoms with Gasteiger partial charge in [-0.25, -0.2) is 4.98 Å². The number of halogens is 1. The second-order valence-corrected chi connectivity index (χ2v) is 11.8. The van der Waals surface area contributed by atoms with Gasteiger partial charge in [-0.3, -0.25) is 14.5 Å². The number of thiazole rings is 1. The molecule has 1 unspecified atom stereocenters. The number of aromatic nitrogens is 1. The number of ether oxygens (including phenoxy) is 1. The largest absolute Gasteiger partial charge is 0.507 e. The molecule has 1 amide bonds. The summed E-state index contributed by atoms with van der Waals surface area (Å²) in [6.45, 7) is 8.11. The lowest BCUT2D eigenvalue weighted by molar-refractivity contribution is -0.132.